The minimum atomic E-state index is -4.14. The number of rotatable bonds is 4. The molecule has 0 spiro atoms. The molecule has 86 valence electrons. The molecule has 15 heavy (non-hydrogen) atoms. The molecule has 0 aliphatic rings. The molecule has 1 aromatic heterocycles. The smallest absolute Gasteiger partial charge is 0.309 e. The van der Waals surface area contributed by atoms with Crippen molar-refractivity contribution in [2.24, 2.45) is 0 Å². The summed E-state index contributed by atoms with van der Waals surface area (Å²) in [6.45, 7) is 2.32. The van der Waals surface area contributed by atoms with Crippen LogP contribution in [0.2, 0.25) is 0 Å². The first-order valence-electron chi connectivity index (χ1n) is 4.47. The van der Waals surface area contributed by atoms with Gasteiger partial charge in [0.05, 0.1) is 12.5 Å². The normalized spacial score (nSPS) is 14.2. The summed E-state index contributed by atoms with van der Waals surface area (Å²) in [5.74, 6) is 0. The van der Waals surface area contributed by atoms with Crippen molar-refractivity contribution < 1.29 is 13.2 Å². The van der Waals surface area contributed by atoms with E-state index in [0.29, 0.717) is 11.4 Å². The molecule has 0 radical (unpaired) electrons. The first-order valence-corrected chi connectivity index (χ1v) is 6.14. The molecule has 1 atom stereocenters. The largest absolute Gasteiger partial charge is 0.390 e. The van der Waals surface area contributed by atoms with Crippen LogP contribution >= 0.6 is 27.3 Å². The lowest BCUT2D eigenvalue weighted by Gasteiger charge is -2.18. The van der Waals surface area contributed by atoms with Crippen LogP contribution in [0.4, 0.5) is 13.2 Å². The molecule has 1 N–H and O–H groups in total. The maximum Gasteiger partial charge on any atom is 0.390 e. The van der Waals surface area contributed by atoms with Crippen LogP contribution in [0, 0.1) is 0 Å². The van der Waals surface area contributed by atoms with Crippen LogP contribution in [-0.2, 0) is 0 Å². The average molecular weight is 302 g/mol. The quantitative estimate of drug-likeness (QED) is 0.882. The van der Waals surface area contributed by atoms with Gasteiger partial charge in [-0.2, -0.15) is 13.2 Å². The SMILES string of the molecule is CCNC(CC(F)(F)F)c1sccc1Br. The number of halogens is 4. The van der Waals surface area contributed by atoms with Gasteiger partial charge in [0.25, 0.3) is 0 Å². The zero-order valence-corrected chi connectivity index (χ0v) is 10.5. The molecule has 0 fully saturated rings. The summed E-state index contributed by atoms with van der Waals surface area (Å²) >= 11 is 4.58. The topological polar surface area (TPSA) is 12.0 Å². The average Bonchev–Trinajstić information content (AvgIpc) is 2.48. The summed E-state index contributed by atoms with van der Waals surface area (Å²) in [5, 5.41) is 4.62. The molecule has 1 rings (SSSR count). The zero-order valence-electron chi connectivity index (χ0n) is 8.07. The lowest BCUT2D eigenvalue weighted by atomic mass is 10.1. The fraction of sp³-hybridized carbons (Fsp3) is 0.556. The summed E-state index contributed by atoms with van der Waals surface area (Å²) in [4.78, 5) is 0.703. The molecule has 1 heterocycles. The minimum absolute atomic E-state index is 0.519. The Balaban J connectivity index is 2.79. The third kappa shape index (κ3) is 4.12. The van der Waals surface area contributed by atoms with E-state index in [1.54, 1.807) is 18.4 Å². The van der Waals surface area contributed by atoms with Gasteiger partial charge in [-0.05, 0) is 33.9 Å². The van der Waals surface area contributed by atoms with E-state index < -0.39 is 18.6 Å². The highest BCUT2D eigenvalue weighted by Crippen LogP contribution is 2.35. The molecular weight excluding hydrogens is 291 g/mol. The van der Waals surface area contributed by atoms with Crippen LogP contribution in [0.15, 0.2) is 15.9 Å². The van der Waals surface area contributed by atoms with Crippen LogP contribution in [0.5, 0.6) is 0 Å². The number of nitrogens with one attached hydrogen (secondary N) is 1. The van der Waals surface area contributed by atoms with Crippen LogP contribution in [-0.4, -0.2) is 12.7 Å². The molecule has 0 saturated heterocycles. The molecular formula is C9H11BrF3NS. The monoisotopic (exact) mass is 301 g/mol. The maximum atomic E-state index is 12.3. The van der Waals surface area contributed by atoms with E-state index in [4.69, 9.17) is 0 Å². The van der Waals surface area contributed by atoms with Gasteiger partial charge in [0, 0.05) is 9.35 Å². The molecule has 0 aliphatic heterocycles. The highest BCUT2D eigenvalue weighted by molar-refractivity contribution is 9.10. The Bertz CT molecular complexity index is 311. The maximum absolute atomic E-state index is 12.3. The van der Waals surface area contributed by atoms with E-state index in [1.165, 1.54) is 11.3 Å². The molecule has 1 nitrogen and oxygen atoms in total. The van der Waals surface area contributed by atoms with Gasteiger partial charge in [0.1, 0.15) is 0 Å². The predicted molar refractivity (Wildman–Crippen MR) is 59.1 cm³/mol. The summed E-state index contributed by atoms with van der Waals surface area (Å²) in [7, 11) is 0. The molecule has 0 amide bonds. The summed E-state index contributed by atoms with van der Waals surface area (Å²) in [6, 6.07) is 1.12. The van der Waals surface area contributed by atoms with Crippen LogP contribution in [0.25, 0.3) is 0 Å². The van der Waals surface area contributed by atoms with Crippen molar-refractivity contribution in [1.82, 2.24) is 5.32 Å². The van der Waals surface area contributed by atoms with Crippen molar-refractivity contribution in [1.29, 1.82) is 0 Å². The van der Waals surface area contributed by atoms with Crippen LogP contribution < -0.4 is 5.32 Å². The lowest BCUT2D eigenvalue weighted by molar-refractivity contribution is -0.140. The lowest BCUT2D eigenvalue weighted by Crippen LogP contribution is -2.26. The predicted octanol–water partition coefficient (Wildman–Crippen LogP) is 4.11. The van der Waals surface area contributed by atoms with Gasteiger partial charge in [-0.1, -0.05) is 6.92 Å². The first-order chi connectivity index (χ1) is 6.94. The van der Waals surface area contributed by atoms with E-state index in [9.17, 15) is 13.2 Å². The summed E-state index contributed by atoms with van der Waals surface area (Å²) in [5.41, 5.74) is 0. The highest BCUT2D eigenvalue weighted by atomic mass is 79.9. The zero-order chi connectivity index (χ0) is 11.5. The number of hydrogen-bond acceptors (Lipinski definition) is 2. The second kappa shape index (κ2) is 5.32. The van der Waals surface area contributed by atoms with Gasteiger partial charge in [-0.3, -0.25) is 0 Å². The summed E-state index contributed by atoms with van der Waals surface area (Å²) < 4.78 is 37.6. The van der Waals surface area contributed by atoms with E-state index in [-0.39, 0.29) is 0 Å². The van der Waals surface area contributed by atoms with Crippen LogP contribution in [0.1, 0.15) is 24.3 Å². The fourth-order valence-electron chi connectivity index (χ4n) is 1.29. The van der Waals surface area contributed by atoms with Crippen molar-refractivity contribution in [3.63, 3.8) is 0 Å². The van der Waals surface area contributed by atoms with Gasteiger partial charge >= 0.3 is 6.18 Å². The first kappa shape index (κ1) is 13.0. The van der Waals surface area contributed by atoms with Crippen molar-refractivity contribution in [3.8, 4) is 0 Å². The van der Waals surface area contributed by atoms with Gasteiger partial charge in [0.2, 0.25) is 0 Å². The molecule has 1 aromatic rings. The highest BCUT2D eigenvalue weighted by Gasteiger charge is 2.33. The Morgan fingerprint density at radius 1 is 1.53 bits per heavy atom. The molecule has 0 aromatic carbocycles. The Morgan fingerprint density at radius 2 is 2.20 bits per heavy atom. The van der Waals surface area contributed by atoms with Crippen molar-refractivity contribution in [3.05, 3.63) is 20.8 Å². The molecule has 0 saturated carbocycles. The minimum Gasteiger partial charge on any atom is -0.309 e. The van der Waals surface area contributed by atoms with Gasteiger partial charge < -0.3 is 5.32 Å². The van der Waals surface area contributed by atoms with E-state index >= 15 is 0 Å². The fourth-order valence-corrected chi connectivity index (χ4v) is 3.02. The number of alkyl halides is 3. The number of thiophene rings is 1. The van der Waals surface area contributed by atoms with E-state index in [2.05, 4.69) is 21.2 Å². The standard InChI is InChI=1S/C9H11BrF3NS/c1-2-14-7(5-9(11,12)13)8-6(10)3-4-15-8/h3-4,7,14H,2,5H2,1H3. The summed E-state index contributed by atoms with van der Waals surface area (Å²) in [6.07, 6.45) is -4.98. The Labute approximate surface area is 98.8 Å². The molecule has 1 unspecified atom stereocenters. The molecule has 0 bridgehead atoms. The third-order valence-corrected chi connectivity index (χ3v) is 3.83. The number of hydrogen-bond donors (Lipinski definition) is 1. The van der Waals surface area contributed by atoms with Gasteiger partial charge in [0.15, 0.2) is 0 Å². The van der Waals surface area contributed by atoms with E-state index in [0.717, 1.165) is 4.47 Å². The Kier molecular flexibility index (Phi) is 4.61. The molecule has 6 heteroatoms. The van der Waals surface area contributed by atoms with Gasteiger partial charge in [-0.15, -0.1) is 11.3 Å². The second-order valence-electron chi connectivity index (χ2n) is 3.06. The van der Waals surface area contributed by atoms with Crippen LogP contribution in [0.3, 0.4) is 0 Å². The van der Waals surface area contributed by atoms with Crippen molar-refractivity contribution in [2.75, 3.05) is 6.54 Å². The Hall–Kier alpha value is -0.0700. The second-order valence-corrected chi connectivity index (χ2v) is 4.86. The molecule has 0 aliphatic carbocycles. The Morgan fingerprint density at radius 3 is 2.60 bits per heavy atom. The van der Waals surface area contributed by atoms with Crippen molar-refractivity contribution >= 4 is 27.3 Å². The van der Waals surface area contributed by atoms with Crippen molar-refractivity contribution in [2.45, 2.75) is 25.6 Å². The van der Waals surface area contributed by atoms with E-state index in [1.807, 2.05) is 0 Å². The third-order valence-electron chi connectivity index (χ3n) is 1.85. The van der Waals surface area contributed by atoms with Gasteiger partial charge in [-0.25, -0.2) is 0 Å².